The summed E-state index contributed by atoms with van der Waals surface area (Å²) in [6, 6.07) is 6.49. The summed E-state index contributed by atoms with van der Waals surface area (Å²) in [6.45, 7) is 6.52. The minimum absolute atomic E-state index is 0.0198. The minimum atomic E-state index is -0.527. The lowest BCUT2D eigenvalue weighted by molar-refractivity contribution is -0.384. The van der Waals surface area contributed by atoms with Gasteiger partial charge in [-0.25, -0.2) is 4.79 Å². The number of amides is 1. The first-order chi connectivity index (χ1) is 10.3. The van der Waals surface area contributed by atoms with Crippen LogP contribution < -0.4 is 5.32 Å². The van der Waals surface area contributed by atoms with E-state index in [4.69, 9.17) is 4.74 Å². The number of anilines is 1. The van der Waals surface area contributed by atoms with Gasteiger partial charge in [0, 0.05) is 25.2 Å². The molecule has 0 spiro atoms. The molecule has 1 saturated heterocycles. The fourth-order valence-electron chi connectivity index (χ4n) is 2.35. The molecule has 0 saturated carbocycles. The van der Waals surface area contributed by atoms with Gasteiger partial charge >= 0.3 is 6.09 Å². The molecule has 2 rings (SSSR count). The molecule has 1 aromatic carbocycles. The zero-order valence-corrected chi connectivity index (χ0v) is 13.0. The van der Waals surface area contributed by atoms with Gasteiger partial charge in [-0.05, 0) is 33.3 Å². The summed E-state index contributed by atoms with van der Waals surface area (Å²) < 4.78 is 5.33. The van der Waals surface area contributed by atoms with E-state index in [1.807, 2.05) is 20.8 Å². The second-order valence-electron chi connectivity index (χ2n) is 6.33. The number of rotatable bonds is 3. The Morgan fingerprint density at radius 1 is 1.41 bits per heavy atom. The monoisotopic (exact) mass is 307 g/mol. The molecule has 1 fully saturated rings. The summed E-state index contributed by atoms with van der Waals surface area (Å²) in [5.74, 6) is 0. The summed E-state index contributed by atoms with van der Waals surface area (Å²) in [6.07, 6.45) is 0.380. The summed E-state index contributed by atoms with van der Waals surface area (Å²) in [5.41, 5.74) is -0.0115. The van der Waals surface area contributed by atoms with Crippen molar-refractivity contribution in [2.45, 2.75) is 38.8 Å². The molecule has 0 radical (unpaired) electrons. The standard InChI is InChI=1S/C15H21N3O4/c1-15(2,3)22-14(19)17-9-8-11(10-17)16-12-6-4-5-7-13(12)18(20)21/h4-7,11,16H,8-10H2,1-3H3/t11-/m1/s1. The third kappa shape index (κ3) is 4.09. The molecule has 0 aliphatic carbocycles. The van der Waals surface area contributed by atoms with Crippen LogP contribution in [0.15, 0.2) is 24.3 Å². The summed E-state index contributed by atoms with van der Waals surface area (Å²) in [7, 11) is 0. The van der Waals surface area contributed by atoms with E-state index in [0.29, 0.717) is 18.8 Å². The van der Waals surface area contributed by atoms with Gasteiger partial charge < -0.3 is 15.0 Å². The molecule has 1 aliphatic rings. The second kappa shape index (κ2) is 6.21. The molecule has 0 bridgehead atoms. The normalized spacial score (nSPS) is 18.1. The predicted molar refractivity (Wildman–Crippen MR) is 82.9 cm³/mol. The number of ether oxygens (including phenoxy) is 1. The second-order valence-corrected chi connectivity index (χ2v) is 6.33. The molecule has 1 heterocycles. The molecular formula is C15H21N3O4. The van der Waals surface area contributed by atoms with Crippen LogP contribution in [0.2, 0.25) is 0 Å². The van der Waals surface area contributed by atoms with E-state index in [0.717, 1.165) is 6.42 Å². The van der Waals surface area contributed by atoms with Crippen LogP contribution >= 0.6 is 0 Å². The number of carbonyl (C=O) groups is 1. The van der Waals surface area contributed by atoms with Crippen molar-refractivity contribution < 1.29 is 14.5 Å². The van der Waals surface area contributed by atoms with Gasteiger partial charge in [0.1, 0.15) is 11.3 Å². The number of nitrogens with one attached hydrogen (secondary N) is 1. The Morgan fingerprint density at radius 3 is 2.73 bits per heavy atom. The highest BCUT2D eigenvalue weighted by Crippen LogP contribution is 2.26. The van der Waals surface area contributed by atoms with Crippen LogP contribution in [-0.4, -0.2) is 40.6 Å². The molecule has 1 amide bonds. The predicted octanol–water partition coefficient (Wildman–Crippen LogP) is 3.02. The van der Waals surface area contributed by atoms with Crippen LogP contribution in [0.25, 0.3) is 0 Å². The molecule has 22 heavy (non-hydrogen) atoms. The maximum Gasteiger partial charge on any atom is 0.410 e. The van der Waals surface area contributed by atoms with Gasteiger partial charge in [-0.15, -0.1) is 0 Å². The van der Waals surface area contributed by atoms with Crippen LogP contribution in [0.3, 0.4) is 0 Å². The maximum atomic E-state index is 12.0. The van der Waals surface area contributed by atoms with Gasteiger partial charge in [-0.2, -0.15) is 0 Å². The quantitative estimate of drug-likeness (QED) is 0.685. The van der Waals surface area contributed by atoms with Crippen LogP contribution in [0.1, 0.15) is 27.2 Å². The van der Waals surface area contributed by atoms with Crippen LogP contribution in [0, 0.1) is 10.1 Å². The first-order valence-corrected chi connectivity index (χ1v) is 7.24. The van der Waals surface area contributed by atoms with Gasteiger partial charge in [0.05, 0.1) is 4.92 Å². The Morgan fingerprint density at radius 2 is 2.09 bits per heavy atom. The van der Waals surface area contributed by atoms with Crippen molar-refractivity contribution in [2.75, 3.05) is 18.4 Å². The third-order valence-electron chi connectivity index (χ3n) is 3.30. The summed E-state index contributed by atoms with van der Waals surface area (Å²) in [4.78, 5) is 24.2. The third-order valence-corrected chi connectivity index (χ3v) is 3.30. The number of para-hydroxylation sites is 2. The number of nitro benzene ring substituents is 1. The molecular weight excluding hydrogens is 286 g/mol. The Labute approximate surface area is 129 Å². The topological polar surface area (TPSA) is 84.7 Å². The average Bonchev–Trinajstić information content (AvgIpc) is 2.86. The molecule has 1 atom stereocenters. The van der Waals surface area contributed by atoms with Crippen LogP contribution in [-0.2, 0) is 4.74 Å². The van der Waals surface area contributed by atoms with E-state index >= 15 is 0 Å². The largest absolute Gasteiger partial charge is 0.444 e. The van der Waals surface area contributed by atoms with Crippen LogP contribution in [0.4, 0.5) is 16.2 Å². The molecule has 7 nitrogen and oxygen atoms in total. The Bertz CT molecular complexity index is 568. The fraction of sp³-hybridized carbons (Fsp3) is 0.533. The number of likely N-dealkylation sites (tertiary alicyclic amines) is 1. The summed E-state index contributed by atoms with van der Waals surface area (Å²) >= 11 is 0. The van der Waals surface area contributed by atoms with Crippen molar-refractivity contribution in [3.63, 3.8) is 0 Å². The molecule has 7 heteroatoms. The maximum absolute atomic E-state index is 12.0. The van der Waals surface area contributed by atoms with Gasteiger partial charge in [0.15, 0.2) is 0 Å². The van der Waals surface area contributed by atoms with E-state index in [9.17, 15) is 14.9 Å². The van der Waals surface area contributed by atoms with Gasteiger partial charge in [0.2, 0.25) is 0 Å². The van der Waals surface area contributed by atoms with E-state index in [-0.39, 0.29) is 17.8 Å². The Balaban J connectivity index is 1.97. The number of nitro groups is 1. The van der Waals surface area contributed by atoms with Crippen molar-refractivity contribution in [1.82, 2.24) is 4.90 Å². The first-order valence-electron chi connectivity index (χ1n) is 7.24. The van der Waals surface area contributed by atoms with Crippen molar-refractivity contribution in [2.24, 2.45) is 0 Å². The summed E-state index contributed by atoms with van der Waals surface area (Å²) in [5, 5.41) is 14.2. The van der Waals surface area contributed by atoms with Crippen molar-refractivity contribution in [3.8, 4) is 0 Å². The Hall–Kier alpha value is -2.31. The zero-order chi connectivity index (χ0) is 16.3. The first kappa shape index (κ1) is 16.1. The van der Waals surface area contributed by atoms with E-state index in [1.54, 1.807) is 23.1 Å². The molecule has 1 aromatic rings. The Kier molecular flexibility index (Phi) is 4.54. The molecule has 0 aromatic heterocycles. The minimum Gasteiger partial charge on any atom is -0.444 e. The smallest absolute Gasteiger partial charge is 0.410 e. The van der Waals surface area contributed by atoms with Gasteiger partial charge in [-0.3, -0.25) is 10.1 Å². The van der Waals surface area contributed by atoms with Crippen molar-refractivity contribution in [3.05, 3.63) is 34.4 Å². The molecule has 0 unspecified atom stereocenters. The number of carbonyl (C=O) groups excluding carboxylic acids is 1. The molecule has 120 valence electrons. The lowest BCUT2D eigenvalue weighted by Gasteiger charge is -2.24. The number of hydrogen-bond acceptors (Lipinski definition) is 5. The SMILES string of the molecule is CC(C)(C)OC(=O)N1CC[C@@H](Nc2ccccc2[N+](=O)[O-])C1. The van der Waals surface area contributed by atoms with Gasteiger partial charge in [0.25, 0.3) is 5.69 Å². The zero-order valence-electron chi connectivity index (χ0n) is 13.0. The highest BCUT2D eigenvalue weighted by atomic mass is 16.6. The average molecular weight is 307 g/mol. The van der Waals surface area contributed by atoms with Crippen molar-refractivity contribution >= 4 is 17.5 Å². The van der Waals surface area contributed by atoms with Crippen LogP contribution in [0.5, 0.6) is 0 Å². The molecule has 1 aliphatic heterocycles. The highest BCUT2D eigenvalue weighted by Gasteiger charge is 2.30. The van der Waals surface area contributed by atoms with E-state index in [1.165, 1.54) is 6.07 Å². The van der Waals surface area contributed by atoms with Crippen molar-refractivity contribution in [1.29, 1.82) is 0 Å². The lowest BCUT2D eigenvalue weighted by Crippen LogP contribution is -2.36. The number of hydrogen-bond donors (Lipinski definition) is 1. The van der Waals surface area contributed by atoms with Gasteiger partial charge in [-0.1, -0.05) is 12.1 Å². The van der Waals surface area contributed by atoms with E-state index < -0.39 is 10.5 Å². The number of nitrogens with zero attached hydrogens (tertiary/aromatic N) is 2. The highest BCUT2D eigenvalue weighted by molar-refractivity contribution is 5.69. The van der Waals surface area contributed by atoms with E-state index in [2.05, 4.69) is 5.32 Å². The lowest BCUT2D eigenvalue weighted by atomic mass is 10.2. The molecule has 1 N–H and O–H groups in total. The fourth-order valence-corrected chi connectivity index (χ4v) is 2.35. The number of benzene rings is 1.